The number of aryl methyl sites for hydroxylation is 2. The summed E-state index contributed by atoms with van der Waals surface area (Å²) in [5, 5.41) is 3.40. The molecule has 0 unspecified atom stereocenters. The molecule has 0 aliphatic carbocycles. The van der Waals surface area contributed by atoms with Crippen LogP contribution in [0.2, 0.25) is 0 Å². The molecule has 0 radical (unpaired) electrons. The fourth-order valence-electron chi connectivity index (χ4n) is 1.58. The zero-order chi connectivity index (χ0) is 12.0. The lowest BCUT2D eigenvalue weighted by Gasteiger charge is -2.10. The van der Waals surface area contributed by atoms with Gasteiger partial charge in [0.05, 0.1) is 12.7 Å². The third-order valence-corrected chi connectivity index (χ3v) is 2.55. The number of hydrogen-bond acceptors (Lipinski definition) is 2. The fraction of sp³-hybridized carbons (Fsp3) is 0.571. The summed E-state index contributed by atoms with van der Waals surface area (Å²) in [5.74, 6) is 0. The number of benzene rings is 1. The van der Waals surface area contributed by atoms with Crippen molar-refractivity contribution in [3.05, 3.63) is 34.9 Å². The maximum Gasteiger partial charge on any atom is 0.0594 e. The minimum absolute atomic E-state index is 0.322. The third-order valence-electron chi connectivity index (χ3n) is 2.55. The van der Waals surface area contributed by atoms with E-state index in [1.807, 2.05) is 0 Å². The lowest BCUT2D eigenvalue weighted by atomic mass is 10.1. The smallest absolute Gasteiger partial charge is 0.0594 e. The van der Waals surface area contributed by atoms with Gasteiger partial charge >= 0.3 is 0 Å². The molecule has 2 heteroatoms. The van der Waals surface area contributed by atoms with E-state index >= 15 is 0 Å². The van der Waals surface area contributed by atoms with Gasteiger partial charge in [-0.25, -0.2) is 0 Å². The van der Waals surface area contributed by atoms with Crippen LogP contribution >= 0.6 is 0 Å². The molecule has 2 nitrogen and oxygen atoms in total. The first-order valence-electron chi connectivity index (χ1n) is 5.98. The first-order valence-corrected chi connectivity index (χ1v) is 5.98. The van der Waals surface area contributed by atoms with Gasteiger partial charge in [-0.1, -0.05) is 23.8 Å². The highest BCUT2D eigenvalue weighted by Gasteiger charge is 1.98. The van der Waals surface area contributed by atoms with Crippen molar-refractivity contribution in [1.29, 1.82) is 0 Å². The first kappa shape index (κ1) is 13.2. The molecule has 0 atom stereocenters. The molecule has 1 aromatic carbocycles. The molecule has 0 bridgehead atoms. The van der Waals surface area contributed by atoms with Crippen LogP contribution < -0.4 is 5.32 Å². The zero-order valence-corrected chi connectivity index (χ0v) is 10.8. The molecule has 90 valence electrons. The van der Waals surface area contributed by atoms with Crippen LogP contribution in [0.3, 0.4) is 0 Å². The van der Waals surface area contributed by atoms with Crippen molar-refractivity contribution in [2.75, 3.05) is 13.2 Å². The lowest BCUT2D eigenvalue weighted by Crippen LogP contribution is -2.21. The highest BCUT2D eigenvalue weighted by atomic mass is 16.5. The topological polar surface area (TPSA) is 21.3 Å². The van der Waals surface area contributed by atoms with E-state index in [0.717, 1.165) is 19.7 Å². The van der Waals surface area contributed by atoms with Crippen molar-refractivity contribution in [2.45, 2.75) is 40.3 Å². The second kappa shape index (κ2) is 6.66. The molecular formula is C14H23NO. The molecule has 0 saturated carbocycles. The van der Waals surface area contributed by atoms with E-state index < -0.39 is 0 Å². The average Bonchev–Trinajstić information content (AvgIpc) is 2.22. The molecule has 0 saturated heterocycles. The van der Waals surface area contributed by atoms with Crippen LogP contribution in [0.4, 0.5) is 0 Å². The maximum atomic E-state index is 5.47. The summed E-state index contributed by atoms with van der Waals surface area (Å²) in [5.41, 5.74) is 4.05. The van der Waals surface area contributed by atoms with Crippen molar-refractivity contribution in [1.82, 2.24) is 5.32 Å². The summed E-state index contributed by atoms with van der Waals surface area (Å²) in [6.07, 6.45) is 0.322. The molecule has 1 N–H and O–H groups in total. The monoisotopic (exact) mass is 221 g/mol. The summed E-state index contributed by atoms with van der Waals surface area (Å²) in [7, 11) is 0. The molecule has 0 fully saturated rings. The van der Waals surface area contributed by atoms with Gasteiger partial charge < -0.3 is 10.1 Å². The van der Waals surface area contributed by atoms with Gasteiger partial charge in [0.2, 0.25) is 0 Å². The molecular weight excluding hydrogens is 198 g/mol. The standard InChI is InChI=1S/C14H23NO/c1-11(2)16-8-7-15-10-14-9-12(3)5-6-13(14)4/h5-6,9,11,15H,7-8,10H2,1-4H3. The van der Waals surface area contributed by atoms with E-state index in [1.54, 1.807) is 0 Å². The average molecular weight is 221 g/mol. The van der Waals surface area contributed by atoms with Crippen LogP contribution in [0, 0.1) is 13.8 Å². The number of rotatable bonds is 6. The Hall–Kier alpha value is -0.860. The van der Waals surface area contributed by atoms with Crippen molar-refractivity contribution in [3.63, 3.8) is 0 Å². The van der Waals surface area contributed by atoms with Gasteiger partial charge in [-0.2, -0.15) is 0 Å². The summed E-state index contributed by atoms with van der Waals surface area (Å²) in [6.45, 7) is 11.0. The Morgan fingerprint density at radius 3 is 2.69 bits per heavy atom. The van der Waals surface area contributed by atoms with E-state index in [4.69, 9.17) is 4.74 Å². The van der Waals surface area contributed by atoms with Crippen LogP contribution in [0.25, 0.3) is 0 Å². The predicted molar refractivity (Wildman–Crippen MR) is 68.7 cm³/mol. The lowest BCUT2D eigenvalue weighted by molar-refractivity contribution is 0.0807. The van der Waals surface area contributed by atoms with Crippen LogP contribution in [0.1, 0.15) is 30.5 Å². The third kappa shape index (κ3) is 4.77. The Kier molecular flexibility index (Phi) is 5.50. The summed E-state index contributed by atoms with van der Waals surface area (Å²) in [4.78, 5) is 0. The van der Waals surface area contributed by atoms with Gasteiger partial charge in [-0.05, 0) is 38.8 Å². The Balaban J connectivity index is 2.29. The van der Waals surface area contributed by atoms with Gasteiger partial charge in [0.25, 0.3) is 0 Å². The predicted octanol–water partition coefficient (Wildman–Crippen LogP) is 2.82. The Bertz CT molecular complexity index is 321. The Labute approximate surface area is 99.0 Å². The number of ether oxygens (including phenoxy) is 1. The zero-order valence-electron chi connectivity index (χ0n) is 10.8. The molecule has 1 aromatic rings. The summed E-state index contributed by atoms with van der Waals surface area (Å²) in [6, 6.07) is 6.57. The van der Waals surface area contributed by atoms with Gasteiger partial charge in [0, 0.05) is 13.1 Å². The van der Waals surface area contributed by atoms with E-state index in [1.165, 1.54) is 16.7 Å². The van der Waals surface area contributed by atoms with Gasteiger partial charge in [0.15, 0.2) is 0 Å². The van der Waals surface area contributed by atoms with Crippen molar-refractivity contribution in [3.8, 4) is 0 Å². The van der Waals surface area contributed by atoms with Crippen molar-refractivity contribution >= 4 is 0 Å². The molecule has 0 heterocycles. The number of nitrogens with one attached hydrogen (secondary N) is 1. The Morgan fingerprint density at radius 1 is 1.25 bits per heavy atom. The van der Waals surface area contributed by atoms with E-state index in [-0.39, 0.29) is 0 Å². The molecule has 1 rings (SSSR count). The molecule has 0 aromatic heterocycles. The van der Waals surface area contributed by atoms with Crippen LogP contribution in [0.15, 0.2) is 18.2 Å². The van der Waals surface area contributed by atoms with Crippen molar-refractivity contribution < 1.29 is 4.74 Å². The fourth-order valence-corrected chi connectivity index (χ4v) is 1.58. The quantitative estimate of drug-likeness (QED) is 0.746. The summed E-state index contributed by atoms with van der Waals surface area (Å²) >= 11 is 0. The maximum absolute atomic E-state index is 5.47. The minimum atomic E-state index is 0.322. The van der Waals surface area contributed by atoms with E-state index in [0.29, 0.717) is 6.10 Å². The number of hydrogen-bond donors (Lipinski definition) is 1. The molecule has 0 amide bonds. The normalized spacial score (nSPS) is 11.1. The largest absolute Gasteiger partial charge is 0.377 e. The molecule has 0 spiro atoms. The van der Waals surface area contributed by atoms with Gasteiger partial charge in [-0.3, -0.25) is 0 Å². The van der Waals surface area contributed by atoms with Crippen LogP contribution in [0.5, 0.6) is 0 Å². The van der Waals surface area contributed by atoms with Gasteiger partial charge in [-0.15, -0.1) is 0 Å². The molecule has 16 heavy (non-hydrogen) atoms. The highest BCUT2D eigenvalue weighted by Crippen LogP contribution is 2.09. The van der Waals surface area contributed by atoms with E-state index in [2.05, 4.69) is 51.2 Å². The van der Waals surface area contributed by atoms with Crippen LogP contribution in [-0.4, -0.2) is 19.3 Å². The molecule has 0 aliphatic rings. The first-order chi connectivity index (χ1) is 7.59. The van der Waals surface area contributed by atoms with Gasteiger partial charge in [0.1, 0.15) is 0 Å². The second-order valence-electron chi connectivity index (χ2n) is 4.53. The highest BCUT2D eigenvalue weighted by molar-refractivity contribution is 5.30. The molecule has 0 aliphatic heterocycles. The SMILES string of the molecule is Cc1ccc(C)c(CNCCOC(C)C)c1. The second-order valence-corrected chi connectivity index (χ2v) is 4.53. The van der Waals surface area contributed by atoms with E-state index in [9.17, 15) is 0 Å². The van der Waals surface area contributed by atoms with Crippen LogP contribution in [-0.2, 0) is 11.3 Å². The van der Waals surface area contributed by atoms with Crippen molar-refractivity contribution in [2.24, 2.45) is 0 Å². The Morgan fingerprint density at radius 2 is 2.00 bits per heavy atom. The minimum Gasteiger partial charge on any atom is -0.377 e. The summed E-state index contributed by atoms with van der Waals surface area (Å²) < 4.78 is 5.47.